The van der Waals surface area contributed by atoms with Crippen molar-refractivity contribution in [3.05, 3.63) is 52.5 Å². The fraction of sp³-hybridized carbons (Fsp3) is 0.565. The van der Waals surface area contributed by atoms with Crippen molar-refractivity contribution in [2.75, 3.05) is 19.6 Å². The van der Waals surface area contributed by atoms with Crippen LogP contribution >= 0.6 is 11.3 Å². The molecule has 1 aliphatic heterocycles. The largest absolute Gasteiger partial charge is 0.375 e. The molecule has 1 N–H and O–H groups in total. The number of aromatic nitrogens is 1. The maximum Gasteiger partial charge on any atom is 0.235 e. The fourth-order valence-electron chi connectivity index (χ4n) is 4.40. The Morgan fingerprint density at radius 2 is 1.83 bits per heavy atom. The number of amides is 1. The second-order valence-corrected chi connectivity index (χ2v) is 9.08. The van der Waals surface area contributed by atoms with Gasteiger partial charge in [-0.3, -0.25) is 9.69 Å². The molecule has 1 unspecified atom stereocenters. The summed E-state index contributed by atoms with van der Waals surface area (Å²) < 4.78 is 6.32. The van der Waals surface area contributed by atoms with Crippen LogP contribution in [0.25, 0.3) is 0 Å². The third-order valence-corrected chi connectivity index (χ3v) is 6.82. The Hall–Kier alpha value is -1.76. The summed E-state index contributed by atoms with van der Waals surface area (Å²) in [5, 5.41) is 6.07. The number of likely N-dealkylation sites (tertiary alicyclic amines) is 1. The number of carbonyl (C=O) groups is 1. The second kappa shape index (κ2) is 10.3. The van der Waals surface area contributed by atoms with Gasteiger partial charge in [0.25, 0.3) is 0 Å². The van der Waals surface area contributed by atoms with Crippen LogP contribution in [-0.4, -0.2) is 47.6 Å². The van der Waals surface area contributed by atoms with Gasteiger partial charge in [0.2, 0.25) is 5.91 Å². The lowest BCUT2D eigenvalue weighted by Crippen LogP contribution is -2.44. The van der Waals surface area contributed by atoms with Crippen LogP contribution in [0.4, 0.5) is 0 Å². The lowest BCUT2D eigenvalue weighted by molar-refractivity contribution is -0.124. The van der Waals surface area contributed by atoms with E-state index < -0.39 is 0 Å². The topological polar surface area (TPSA) is 54.5 Å². The van der Waals surface area contributed by atoms with Crippen molar-refractivity contribution in [3.8, 4) is 0 Å². The molecular formula is C23H31N3O2S. The van der Waals surface area contributed by atoms with Gasteiger partial charge in [-0.2, -0.15) is 0 Å². The van der Waals surface area contributed by atoms with E-state index in [2.05, 4.69) is 15.2 Å². The molecule has 1 aliphatic carbocycles. The fourth-order valence-corrected chi connectivity index (χ4v) is 5.11. The number of hydrogen-bond donors (Lipinski definition) is 1. The highest BCUT2D eigenvalue weighted by atomic mass is 32.1. The van der Waals surface area contributed by atoms with E-state index in [9.17, 15) is 4.79 Å². The highest BCUT2D eigenvalue weighted by Crippen LogP contribution is 2.25. The number of ether oxygens (including phenoxy) is 1. The second-order valence-electron chi connectivity index (χ2n) is 8.15. The molecule has 0 spiro atoms. The molecule has 2 aromatic rings. The molecule has 1 saturated carbocycles. The van der Waals surface area contributed by atoms with Crippen LogP contribution in [-0.2, 0) is 9.53 Å². The van der Waals surface area contributed by atoms with Gasteiger partial charge in [0.1, 0.15) is 11.0 Å². The molecule has 1 saturated heterocycles. The van der Waals surface area contributed by atoms with Crippen LogP contribution in [0.15, 0.2) is 41.9 Å². The highest BCUT2D eigenvalue weighted by Gasteiger charge is 2.26. The van der Waals surface area contributed by atoms with Crippen molar-refractivity contribution in [1.82, 2.24) is 15.2 Å². The van der Waals surface area contributed by atoms with Crippen molar-refractivity contribution >= 4 is 17.2 Å². The van der Waals surface area contributed by atoms with Gasteiger partial charge >= 0.3 is 0 Å². The Kier molecular flexibility index (Phi) is 7.30. The number of nitrogens with zero attached hydrogens (tertiary/aromatic N) is 2. The highest BCUT2D eigenvalue weighted by molar-refractivity contribution is 7.09. The monoisotopic (exact) mass is 413 g/mol. The summed E-state index contributed by atoms with van der Waals surface area (Å²) in [6.07, 6.45) is 11.1. The van der Waals surface area contributed by atoms with E-state index in [0.29, 0.717) is 18.8 Å². The Morgan fingerprint density at radius 3 is 2.52 bits per heavy atom. The Morgan fingerprint density at radius 1 is 1.10 bits per heavy atom. The maximum atomic E-state index is 12.8. The summed E-state index contributed by atoms with van der Waals surface area (Å²) in [5.74, 6) is 0.0562. The maximum absolute atomic E-state index is 12.8. The lowest BCUT2D eigenvalue weighted by atomic mass is 9.97. The van der Waals surface area contributed by atoms with Gasteiger partial charge in [0.15, 0.2) is 0 Å². The van der Waals surface area contributed by atoms with E-state index in [-0.39, 0.29) is 11.9 Å². The summed E-state index contributed by atoms with van der Waals surface area (Å²) >= 11 is 1.57. The van der Waals surface area contributed by atoms with Crippen molar-refractivity contribution in [2.24, 2.45) is 0 Å². The van der Waals surface area contributed by atoms with Gasteiger partial charge in [-0.1, -0.05) is 49.6 Å². The predicted octanol–water partition coefficient (Wildman–Crippen LogP) is 4.16. The number of carbonyl (C=O) groups excluding carboxylic acids is 1. The molecule has 0 bridgehead atoms. The van der Waals surface area contributed by atoms with Gasteiger partial charge < -0.3 is 10.1 Å². The van der Waals surface area contributed by atoms with E-state index in [1.54, 1.807) is 17.5 Å². The molecule has 29 heavy (non-hydrogen) atoms. The molecule has 1 amide bonds. The first-order valence-corrected chi connectivity index (χ1v) is 11.8. The van der Waals surface area contributed by atoms with Crippen molar-refractivity contribution < 1.29 is 9.53 Å². The van der Waals surface area contributed by atoms with Crippen LogP contribution in [0, 0.1) is 0 Å². The normalized spacial score (nSPS) is 20.4. The molecule has 0 radical (unpaired) electrons. The quantitative estimate of drug-likeness (QED) is 0.740. The Balaban J connectivity index is 1.27. The van der Waals surface area contributed by atoms with E-state index in [1.165, 1.54) is 32.1 Å². The van der Waals surface area contributed by atoms with Crippen LogP contribution in [0.5, 0.6) is 0 Å². The van der Waals surface area contributed by atoms with Crippen LogP contribution in [0.3, 0.4) is 0 Å². The van der Waals surface area contributed by atoms with Crippen LogP contribution in [0.2, 0.25) is 0 Å². The first-order valence-electron chi connectivity index (χ1n) is 10.9. The summed E-state index contributed by atoms with van der Waals surface area (Å²) in [7, 11) is 0. The van der Waals surface area contributed by atoms with E-state index in [0.717, 1.165) is 36.5 Å². The van der Waals surface area contributed by atoms with Gasteiger partial charge in [-0.15, -0.1) is 11.3 Å². The van der Waals surface area contributed by atoms with Gasteiger partial charge in [-0.25, -0.2) is 4.98 Å². The van der Waals surface area contributed by atoms with Crippen molar-refractivity contribution in [2.45, 2.75) is 63.2 Å². The molecular weight excluding hydrogens is 382 g/mol. The third-order valence-electron chi connectivity index (χ3n) is 5.98. The zero-order valence-corrected chi connectivity index (χ0v) is 17.8. The average molecular weight is 414 g/mol. The number of rotatable bonds is 7. The van der Waals surface area contributed by atoms with Crippen LogP contribution < -0.4 is 5.32 Å². The Bertz CT molecular complexity index is 739. The first kappa shape index (κ1) is 20.5. The predicted molar refractivity (Wildman–Crippen MR) is 116 cm³/mol. The van der Waals surface area contributed by atoms with Crippen LogP contribution in [0.1, 0.15) is 61.6 Å². The molecule has 156 valence electrons. The number of nitrogens with one attached hydrogen (secondary N) is 1. The van der Waals surface area contributed by atoms with Gasteiger partial charge in [0.05, 0.1) is 18.8 Å². The van der Waals surface area contributed by atoms with Crippen molar-refractivity contribution in [1.29, 1.82) is 0 Å². The lowest BCUT2D eigenvalue weighted by Gasteiger charge is -2.34. The molecule has 2 fully saturated rings. The zero-order chi connectivity index (χ0) is 19.9. The standard InChI is InChI=1S/C23H31N3O2S/c27-21(25-22(23-24-13-16-29-23)18-7-3-1-4-8-18)17-26-14-11-20(12-15-26)28-19-9-5-2-6-10-19/h1,3-4,7-8,13,16,19-20,22H,2,5-6,9-12,14-15,17H2,(H,25,27). The minimum Gasteiger partial charge on any atom is -0.375 e. The summed E-state index contributed by atoms with van der Waals surface area (Å²) in [4.78, 5) is 19.5. The minimum absolute atomic E-state index is 0.0562. The third kappa shape index (κ3) is 5.87. The smallest absolute Gasteiger partial charge is 0.235 e. The number of thiazole rings is 1. The average Bonchev–Trinajstić information content (AvgIpc) is 3.29. The number of piperidine rings is 1. The number of hydrogen-bond acceptors (Lipinski definition) is 5. The molecule has 4 rings (SSSR count). The molecule has 2 heterocycles. The van der Waals surface area contributed by atoms with E-state index in [4.69, 9.17) is 4.74 Å². The molecule has 5 nitrogen and oxygen atoms in total. The van der Waals surface area contributed by atoms with Gasteiger partial charge in [0, 0.05) is 24.7 Å². The summed E-state index contributed by atoms with van der Waals surface area (Å²) in [5.41, 5.74) is 1.07. The van der Waals surface area contributed by atoms with E-state index >= 15 is 0 Å². The molecule has 1 aromatic carbocycles. The van der Waals surface area contributed by atoms with Crippen molar-refractivity contribution in [3.63, 3.8) is 0 Å². The zero-order valence-electron chi connectivity index (χ0n) is 17.0. The van der Waals surface area contributed by atoms with Gasteiger partial charge in [-0.05, 0) is 31.2 Å². The Labute approximate surface area is 177 Å². The first-order chi connectivity index (χ1) is 14.3. The van der Waals surface area contributed by atoms with E-state index in [1.807, 2.05) is 35.7 Å². The molecule has 1 aromatic heterocycles. The summed E-state index contributed by atoms with van der Waals surface area (Å²) in [6, 6.07) is 9.89. The molecule has 6 heteroatoms. The molecule has 1 atom stereocenters. The SMILES string of the molecule is O=C(CN1CCC(OC2CCCCC2)CC1)NC(c1ccccc1)c1nccs1. The molecule has 2 aliphatic rings. The minimum atomic E-state index is -0.184. The summed E-state index contributed by atoms with van der Waals surface area (Å²) in [6.45, 7) is 2.29. The number of benzene rings is 1.